The van der Waals surface area contributed by atoms with Gasteiger partial charge in [-0.15, -0.1) is 0 Å². The minimum Gasteiger partial charge on any atom is -0.464 e. The van der Waals surface area contributed by atoms with E-state index >= 15 is 0 Å². The number of piperidine rings is 1. The maximum Gasteiger partial charge on any atom is 0.310 e. The summed E-state index contributed by atoms with van der Waals surface area (Å²) in [4.78, 5) is 26.9. The van der Waals surface area contributed by atoms with E-state index in [1.54, 1.807) is 6.26 Å². The number of carbonyl (C=O) groups is 2. The highest BCUT2D eigenvalue weighted by molar-refractivity contribution is 5.87. The van der Waals surface area contributed by atoms with Gasteiger partial charge in [0.1, 0.15) is 5.58 Å². The second kappa shape index (κ2) is 7.75. The number of rotatable bonds is 4. The van der Waals surface area contributed by atoms with Crippen molar-refractivity contribution in [1.82, 2.24) is 4.90 Å². The fourth-order valence-corrected chi connectivity index (χ4v) is 4.69. The normalized spacial score (nSPS) is 22.5. The highest BCUT2D eigenvalue weighted by Gasteiger charge is 2.35. The van der Waals surface area contributed by atoms with E-state index in [-0.39, 0.29) is 24.9 Å². The Labute approximate surface area is 159 Å². The molecule has 2 fully saturated rings. The topological polar surface area (TPSA) is 59.8 Å². The Kier molecular flexibility index (Phi) is 5.19. The molecule has 2 atom stereocenters. The molecule has 5 heteroatoms. The summed E-state index contributed by atoms with van der Waals surface area (Å²) in [6.07, 6.45) is 8.78. The number of likely N-dealkylation sites (tertiary alicyclic amines) is 1. The van der Waals surface area contributed by atoms with Crippen molar-refractivity contribution < 1.29 is 18.7 Å². The highest BCUT2D eigenvalue weighted by atomic mass is 16.5. The molecule has 0 N–H and O–H groups in total. The molecular weight excluding hydrogens is 342 g/mol. The van der Waals surface area contributed by atoms with E-state index in [4.69, 9.17) is 9.15 Å². The molecule has 2 heterocycles. The second-order valence-corrected chi connectivity index (χ2v) is 7.94. The van der Waals surface area contributed by atoms with Gasteiger partial charge < -0.3 is 14.1 Å². The molecule has 4 rings (SSSR count). The van der Waals surface area contributed by atoms with E-state index in [1.165, 1.54) is 25.7 Å². The van der Waals surface area contributed by atoms with Crippen LogP contribution in [0.1, 0.15) is 49.7 Å². The minimum atomic E-state index is -0.385. The summed E-state index contributed by atoms with van der Waals surface area (Å²) in [5.41, 5.74) is 2.68. The number of benzene rings is 1. The maximum absolute atomic E-state index is 12.6. The van der Waals surface area contributed by atoms with Gasteiger partial charge in [-0.25, -0.2) is 0 Å². The maximum atomic E-state index is 12.6. The van der Waals surface area contributed by atoms with Crippen molar-refractivity contribution in [2.45, 2.75) is 57.9 Å². The van der Waals surface area contributed by atoms with Crippen LogP contribution in [0, 0.1) is 12.8 Å². The Morgan fingerprint density at radius 1 is 1.19 bits per heavy atom. The lowest BCUT2D eigenvalue weighted by atomic mass is 9.78. The molecule has 5 nitrogen and oxygen atoms in total. The van der Waals surface area contributed by atoms with Crippen molar-refractivity contribution in [3.8, 4) is 0 Å². The first kappa shape index (κ1) is 18.1. The number of hydrogen-bond donors (Lipinski definition) is 0. The molecule has 1 aromatic carbocycles. The molecule has 0 radical (unpaired) electrons. The van der Waals surface area contributed by atoms with Crippen molar-refractivity contribution >= 4 is 22.8 Å². The first-order valence-electron chi connectivity index (χ1n) is 10.0. The summed E-state index contributed by atoms with van der Waals surface area (Å²) in [5, 5.41) is 0.921. The Balaban J connectivity index is 1.33. The predicted octanol–water partition coefficient (Wildman–Crippen LogP) is 4.01. The van der Waals surface area contributed by atoms with Gasteiger partial charge >= 0.3 is 5.97 Å². The van der Waals surface area contributed by atoms with Gasteiger partial charge in [-0.2, -0.15) is 0 Å². The van der Waals surface area contributed by atoms with E-state index in [2.05, 4.69) is 0 Å². The van der Waals surface area contributed by atoms with Gasteiger partial charge in [-0.3, -0.25) is 9.59 Å². The molecule has 27 heavy (non-hydrogen) atoms. The van der Waals surface area contributed by atoms with Crippen molar-refractivity contribution in [3.63, 3.8) is 0 Å². The summed E-state index contributed by atoms with van der Waals surface area (Å²) in [6.45, 7) is 2.64. The smallest absolute Gasteiger partial charge is 0.310 e. The zero-order valence-corrected chi connectivity index (χ0v) is 15.9. The number of esters is 1. The van der Waals surface area contributed by atoms with Gasteiger partial charge in [0, 0.05) is 23.5 Å². The van der Waals surface area contributed by atoms with Crippen LogP contribution < -0.4 is 0 Å². The standard InChI is InChI=1S/C22H27NO4/c1-15-8-9-18-17(13-26-20(18)11-15)12-22(25)27-14-21(24)23-10-4-6-16-5-2-3-7-19(16)23/h8-9,11,13,16,19H,2-7,10,12,14H2,1H3/t16-,19-/m1/s1. The van der Waals surface area contributed by atoms with E-state index in [9.17, 15) is 9.59 Å². The molecule has 144 valence electrons. The average molecular weight is 369 g/mol. The Hall–Kier alpha value is -2.30. The molecule has 1 aliphatic carbocycles. The Morgan fingerprint density at radius 2 is 2.00 bits per heavy atom. The molecule has 1 aliphatic heterocycles. The number of nitrogens with zero attached hydrogens (tertiary/aromatic N) is 1. The van der Waals surface area contributed by atoms with Crippen LogP contribution in [0.15, 0.2) is 28.9 Å². The lowest BCUT2D eigenvalue weighted by molar-refractivity contribution is -0.154. The van der Waals surface area contributed by atoms with E-state index in [0.717, 1.165) is 41.5 Å². The first-order chi connectivity index (χ1) is 13.1. The second-order valence-electron chi connectivity index (χ2n) is 7.94. The minimum absolute atomic E-state index is 0.0485. The summed E-state index contributed by atoms with van der Waals surface area (Å²) < 4.78 is 10.8. The van der Waals surface area contributed by atoms with Gasteiger partial charge in [0.25, 0.3) is 5.91 Å². The monoisotopic (exact) mass is 369 g/mol. The van der Waals surface area contributed by atoms with Crippen molar-refractivity contribution in [3.05, 3.63) is 35.6 Å². The van der Waals surface area contributed by atoms with Crippen LogP contribution in [-0.2, 0) is 20.7 Å². The summed E-state index contributed by atoms with van der Waals surface area (Å²) in [7, 11) is 0. The fourth-order valence-electron chi connectivity index (χ4n) is 4.69. The van der Waals surface area contributed by atoms with Crippen LogP contribution in [0.3, 0.4) is 0 Å². The molecule has 1 saturated carbocycles. The Bertz CT molecular complexity index is 838. The van der Waals surface area contributed by atoms with Gasteiger partial charge in [-0.05, 0) is 50.2 Å². The van der Waals surface area contributed by atoms with Gasteiger partial charge in [-0.1, -0.05) is 25.0 Å². The van der Waals surface area contributed by atoms with Gasteiger partial charge in [0.05, 0.1) is 12.7 Å². The molecular formula is C22H27NO4. The van der Waals surface area contributed by atoms with E-state index in [0.29, 0.717) is 12.0 Å². The van der Waals surface area contributed by atoms with Crippen LogP contribution in [0.25, 0.3) is 11.0 Å². The SMILES string of the molecule is Cc1ccc2c(CC(=O)OCC(=O)N3CCC[C@H]4CCCC[C@H]43)coc2c1. The molecule has 0 bridgehead atoms. The zero-order chi connectivity index (χ0) is 18.8. The number of carbonyl (C=O) groups excluding carboxylic acids is 2. The highest BCUT2D eigenvalue weighted by Crippen LogP contribution is 2.35. The van der Waals surface area contributed by atoms with Gasteiger partial charge in [0.15, 0.2) is 6.61 Å². The first-order valence-corrected chi connectivity index (χ1v) is 10.0. The van der Waals surface area contributed by atoms with Crippen molar-refractivity contribution in [1.29, 1.82) is 0 Å². The number of ether oxygens (including phenoxy) is 1. The number of aryl methyl sites for hydroxylation is 1. The number of fused-ring (bicyclic) bond motifs is 2. The van der Waals surface area contributed by atoms with E-state index in [1.807, 2.05) is 30.0 Å². The number of furan rings is 1. The molecule has 0 unspecified atom stereocenters. The third-order valence-corrected chi connectivity index (χ3v) is 6.07. The summed E-state index contributed by atoms with van der Waals surface area (Å²) in [6, 6.07) is 6.25. The van der Waals surface area contributed by atoms with Gasteiger partial charge in [0.2, 0.25) is 0 Å². The van der Waals surface area contributed by atoms with E-state index < -0.39 is 0 Å². The quantitative estimate of drug-likeness (QED) is 0.764. The molecule has 1 aromatic heterocycles. The largest absolute Gasteiger partial charge is 0.464 e. The van der Waals surface area contributed by atoms with Crippen LogP contribution in [-0.4, -0.2) is 36.0 Å². The average Bonchev–Trinajstić information content (AvgIpc) is 3.07. The third kappa shape index (κ3) is 3.87. The summed E-state index contributed by atoms with van der Waals surface area (Å²) >= 11 is 0. The summed E-state index contributed by atoms with van der Waals surface area (Å²) in [5.74, 6) is 0.198. The molecule has 2 aliphatic rings. The molecule has 1 saturated heterocycles. The number of amides is 1. The fraction of sp³-hybridized carbons (Fsp3) is 0.545. The van der Waals surface area contributed by atoms with Crippen LogP contribution >= 0.6 is 0 Å². The van der Waals surface area contributed by atoms with Crippen LogP contribution in [0.2, 0.25) is 0 Å². The lowest BCUT2D eigenvalue weighted by Crippen LogP contribution is -2.50. The molecule has 2 aromatic rings. The van der Waals surface area contributed by atoms with Crippen LogP contribution in [0.5, 0.6) is 0 Å². The zero-order valence-electron chi connectivity index (χ0n) is 15.9. The lowest BCUT2D eigenvalue weighted by Gasteiger charge is -2.44. The van der Waals surface area contributed by atoms with Crippen molar-refractivity contribution in [2.24, 2.45) is 5.92 Å². The third-order valence-electron chi connectivity index (χ3n) is 6.07. The van der Waals surface area contributed by atoms with Crippen LogP contribution in [0.4, 0.5) is 0 Å². The van der Waals surface area contributed by atoms with Crippen molar-refractivity contribution in [2.75, 3.05) is 13.2 Å². The molecule has 1 amide bonds. The Morgan fingerprint density at radius 3 is 2.89 bits per heavy atom. The molecule has 0 spiro atoms. The number of hydrogen-bond acceptors (Lipinski definition) is 4. The predicted molar refractivity (Wildman–Crippen MR) is 102 cm³/mol.